The van der Waals surface area contributed by atoms with Crippen molar-refractivity contribution in [3.05, 3.63) is 77.8 Å². The highest BCUT2D eigenvalue weighted by molar-refractivity contribution is 7.18. The van der Waals surface area contributed by atoms with Gasteiger partial charge in [0.25, 0.3) is 0 Å². The second-order valence-corrected chi connectivity index (χ2v) is 7.06. The monoisotopic (exact) mass is 336 g/mol. The van der Waals surface area contributed by atoms with Crippen molar-refractivity contribution in [2.45, 2.75) is 18.8 Å². The number of amides is 1. The van der Waals surface area contributed by atoms with Crippen LogP contribution in [0.2, 0.25) is 0 Å². The molecule has 3 rings (SSSR count). The largest absolute Gasteiger partial charge is 0.352 e. The van der Waals surface area contributed by atoms with Crippen molar-refractivity contribution in [3.63, 3.8) is 0 Å². The number of nitrogens with zero attached hydrogens (tertiary/aromatic N) is 1. The number of hydrogen-bond donors (Lipinski definition) is 1. The van der Waals surface area contributed by atoms with Crippen LogP contribution in [0, 0.1) is 0 Å². The Morgan fingerprint density at radius 3 is 2.62 bits per heavy atom. The SMILES string of the molecule is C=CCNC(=O)C(C)(Cc1nc2ccccc2s1)c1ccccc1. The molecule has 3 nitrogen and oxygen atoms in total. The molecular formula is C20H20N2OS. The minimum Gasteiger partial charge on any atom is -0.352 e. The Bertz CT molecular complexity index is 823. The summed E-state index contributed by atoms with van der Waals surface area (Å²) < 4.78 is 1.15. The smallest absolute Gasteiger partial charge is 0.231 e. The first-order valence-electron chi connectivity index (χ1n) is 7.92. The Balaban J connectivity index is 1.97. The van der Waals surface area contributed by atoms with Crippen molar-refractivity contribution in [2.75, 3.05) is 6.54 Å². The van der Waals surface area contributed by atoms with Crippen molar-refractivity contribution in [1.82, 2.24) is 10.3 Å². The fourth-order valence-electron chi connectivity index (χ4n) is 2.78. The third kappa shape index (κ3) is 3.24. The second kappa shape index (κ2) is 6.97. The molecule has 0 spiro atoms. The van der Waals surface area contributed by atoms with Gasteiger partial charge in [0.1, 0.15) is 0 Å². The molecule has 1 amide bonds. The van der Waals surface area contributed by atoms with E-state index in [-0.39, 0.29) is 5.91 Å². The molecular weight excluding hydrogens is 316 g/mol. The molecule has 0 bridgehead atoms. The average Bonchev–Trinajstić information content (AvgIpc) is 3.02. The van der Waals surface area contributed by atoms with Gasteiger partial charge in [-0.2, -0.15) is 0 Å². The predicted molar refractivity (Wildman–Crippen MR) is 100 cm³/mol. The number of nitrogens with one attached hydrogen (secondary N) is 1. The van der Waals surface area contributed by atoms with Crippen molar-refractivity contribution in [3.8, 4) is 0 Å². The fourth-order valence-corrected chi connectivity index (χ4v) is 3.90. The summed E-state index contributed by atoms with van der Waals surface area (Å²) in [4.78, 5) is 17.6. The van der Waals surface area contributed by atoms with Gasteiger partial charge in [-0.05, 0) is 24.6 Å². The molecule has 24 heavy (non-hydrogen) atoms. The molecule has 1 unspecified atom stereocenters. The summed E-state index contributed by atoms with van der Waals surface area (Å²) in [6.07, 6.45) is 2.26. The Kier molecular flexibility index (Phi) is 4.76. The molecule has 3 aromatic rings. The maximum Gasteiger partial charge on any atom is 0.231 e. The lowest BCUT2D eigenvalue weighted by atomic mass is 9.78. The first-order valence-corrected chi connectivity index (χ1v) is 8.74. The van der Waals surface area contributed by atoms with Gasteiger partial charge in [-0.25, -0.2) is 4.98 Å². The van der Waals surface area contributed by atoms with E-state index in [0.29, 0.717) is 13.0 Å². The van der Waals surface area contributed by atoms with Crippen LogP contribution in [-0.4, -0.2) is 17.4 Å². The van der Waals surface area contributed by atoms with Crippen LogP contribution in [0.1, 0.15) is 17.5 Å². The molecule has 2 aromatic carbocycles. The Hall–Kier alpha value is -2.46. The number of para-hydroxylation sites is 1. The molecule has 0 radical (unpaired) electrons. The number of benzene rings is 2. The van der Waals surface area contributed by atoms with E-state index in [9.17, 15) is 4.79 Å². The molecule has 122 valence electrons. The number of hydrogen-bond acceptors (Lipinski definition) is 3. The van der Waals surface area contributed by atoms with Crippen molar-refractivity contribution >= 4 is 27.5 Å². The second-order valence-electron chi connectivity index (χ2n) is 5.95. The predicted octanol–water partition coefficient (Wildman–Crippen LogP) is 4.10. The van der Waals surface area contributed by atoms with Gasteiger partial charge in [-0.15, -0.1) is 17.9 Å². The lowest BCUT2D eigenvalue weighted by Crippen LogP contribution is -2.44. The van der Waals surface area contributed by atoms with Gasteiger partial charge in [-0.1, -0.05) is 48.5 Å². The number of carbonyl (C=O) groups excluding carboxylic acids is 1. The summed E-state index contributed by atoms with van der Waals surface area (Å²) in [6.45, 7) is 6.11. The van der Waals surface area contributed by atoms with Crippen molar-refractivity contribution in [1.29, 1.82) is 0 Å². The summed E-state index contributed by atoms with van der Waals surface area (Å²) in [5.74, 6) is -0.00661. The standard InChI is InChI=1S/C20H20N2OS/c1-3-13-21-19(23)20(2,15-9-5-4-6-10-15)14-18-22-16-11-7-8-12-17(16)24-18/h3-12H,1,13-14H2,2H3,(H,21,23). The fraction of sp³-hybridized carbons (Fsp3) is 0.200. The molecule has 4 heteroatoms. The number of aromatic nitrogens is 1. The zero-order valence-corrected chi connectivity index (χ0v) is 14.5. The summed E-state index contributed by atoms with van der Waals surface area (Å²) in [5.41, 5.74) is 1.31. The number of carbonyl (C=O) groups is 1. The highest BCUT2D eigenvalue weighted by atomic mass is 32.1. The van der Waals surface area contributed by atoms with E-state index in [4.69, 9.17) is 4.98 Å². The number of rotatable bonds is 6. The van der Waals surface area contributed by atoms with E-state index < -0.39 is 5.41 Å². The van der Waals surface area contributed by atoms with Crippen LogP contribution in [-0.2, 0) is 16.6 Å². The number of fused-ring (bicyclic) bond motifs is 1. The molecule has 1 heterocycles. The van der Waals surface area contributed by atoms with Crippen molar-refractivity contribution in [2.24, 2.45) is 0 Å². The van der Waals surface area contributed by atoms with E-state index in [1.807, 2.05) is 55.5 Å². The van der Waals surface area contributed by atoms with Crippen LogP contribution in [0.5, 0.6) is 0 Å². The average molecular weight is 336 g/mol. The summed E-state index contributed by atoms with van der Waals surface area (Å²) in [6, 6.07) is 18.0. The van der Waals surface area contributed by atoms with E-state index in [2.05, 4.69) is 18.0 Å². The highest BCUT2D eigenvalue weighted by Crippen LogP contribution is 2.32. The van der Waals surface area contributed by atoms with Gasteiger partial charge in [0.2, 0.25) is 5.91 Å². The first kappa shape index (κ1) is 16.4. The van der Waals surface area contributed by atoms with Gasteiger partial charge < -0.3 is 5.32 Å². The normalized spacial score (nSPS) is 13.4. The summed E-state index contributed by atoms with van der Waals surface area (Å²) in [7, 11) is 0. The molecule has 0 saturated heterocycles. The van der Waals surface area contributed by atoms with E-state index in [1.165, 1.54) is 0 Å². The zero-order valence-electron chi connectivity index (χ0n) is 13.7. The lowest BCUT2D eigenvalue weighted by Gasteiger charge is -2.28. The molecule has 0 aliphatic carbocycles. The third-order valence-electron chi connectivity index (χ3n) is 4.16. The lowest BCUT2D eigenvalue weighted by molar-refractivity contribution is -0.126. The topological polar surface area (TPSA) is 42.0 Å². The van der Waals surface area contributed by atoms with Crippen LogP contribution in [0.4, 0.5) is 0 Å². The van der Waals surface area contributed by atoms with Crippen LogP contribution in [0.25, 0.3) is 10.2 Å². The van der Waals surface area contributed by atoms with E-state index in [1.54, 1.807) is 17.4 Å². The molecule has 1 aromatic heterocycles. The van der Waals surface area contributed by atoms with Gasteiger partial charge in [0, 0.05) is 13.0 Å². The van der Waals surface area contributed by atoms with Gasteiger partial charge in [0.05, 0.1) is 20.6 Å². The molecule has 1 atom stereocenters. The molecule has 0 aliphatic heterocycles. The van der Waals surface area contributed by atoms with Crippen LogP contribution < -0.4 is 5.32 Å². The van der Waals surface area contributed by atoms with E-state index >= 15 is 0 Å². The summed E-state index contributed by atoms with van der Waals surface area (Å²) >= 11 is 1.65. The zero-order chi connectivity index (χ0) is 17.0. The van der Waals surface area contributed by atoms with Gasteiger partial charge >= 0.3 is 0 Å². The number of thiazole rings is 1. The molecule has 0 saturated carbocycles. The quantitative estimate of drug-likeness (QED) is 0.689. The van der Waals surface area contributed by atoms with Gasteiger partial charge in [0.15, 0.2) is 0 Å². The minimum absolute atomic E-state index is 0.00661. The maximum absolute atomic E-state index is 12.9. The van der Waals surface area contributed by atoms with E-state index in [0.717, 1.165) is 20.8 Å². The maximum atomic E-state index is 12.9. The summed E-state index contributed by atoms with van der Waals surface area (Å²) in [5, 5.41) is 3.91. The Morgan fingerprint density at radius 1 is 1.21 bits per heavy atom. The van der Waals surface area contributed by atoms with Crippen LogP contribution >= 0.6 is 11.3 Å². The van der Waals surface area contributed by atoms with Crippen LogP contribution in [0.3, 0.4) is 0 Å². The van der Waals surface area contributed by atoms with Crippen molar-refractivity contribution < 1.29 is 4.79 Å². The van der Waals surface area contributed by atoms with Crippen LogP contribution in [0.15, 0.2) is 67.3 Å². The molecule has 0 aliphatic rings. The molecule has 1 N–H and O–H groups in total. The Morgan fingerprint density at radius 2 is 1.92 bits per heavy atom. The van der Waals surface area contributed by atoms with Gasteiger partial charge in [-0.3, -0.25) is 4.79 Å². The Labute approximate surface area is 146 Å². The first-order chi connectivity index (χ1) is 11.6. The highest BCUT2D eigenvalue weighted by Gasteiger charge is 2.36. The minimum atomic E-state index is -0.669. The molecule has 0 fully saturated rings. The third-order valence-corrected chi connectivity index (χ3v) is 5.20.